The standard InChI is InChI=1S/C26H17F2N7O2S/c1-37-22-14-31-21(24(27)28)12-19(22)18-11-17(3-2-9-35-10-8-29-15-35)30-13-20(18)25(36)32-26-34-33-23(38-26)7-6-16-4-5-16/h8,10-12,14-16,24H,4-5,9H2,1H3/p+1. The van der Waals surface area contributed by atoms with Gasteiger partial charge in [-0.15, -0.1) is 10.2 Å². The number of nitrogens with zero attached hydrogens (tertiary/aromatic N) is 6. The Morgan fingerprint density at radius 1 is 1.32 bits per heavy atom. The number of anilines is 1. The fourth-order valence-electron chi connectivity index (χ4n) is 3.30. The Hall–Kier alpha value is -4.86. The number of pyridine rings is 1. The van der Waals surface area contributed by atoms with E-state index in [-0.39, 0.29) is 33.3 Å². The van der Waals surface area contributed by atoms with Gasteiger partial charge in [-0.1, -0.05) is 23.2 Å². The molecule has 9 nitrogen and oxygen atoms in total. The van der Waals surface area contributed by atoms with E-state index in [0.717, 1.165) is 24.2 Å². The molecule has 1 aliphatic rings. The van der Waals surface area contributed by atoms with Gasteiger partial charge in [0.05, 0.1) is 26.2 Å². The number of rotatable bonds is 6. The molecule has 5 rings (SSSR count). The molecule has 1 amide bonds. The second-order valence-corrected chi connectivity index (χ2v) is 9.08. The minimum atomic E-state index is -2.83. The van der Waals surface area contributed by atoms with E-state index in [2.05, 4.69) is 60.3 Å². The van der Waals surface area contributed by atoms with Gasteiger partial charge in [0.15, 0.2) is 10.6 Å². The first-order valence-electron chi connectivity index (χ1n) is 11.4. The molecular formula is C26H18F2N7O2S+. The number of halogens is 2. The van der Waals surface area contributed by atoms with Gasteiger partial charge in [0, 0.05) is 41.4 Å². The van der Waals surface area contributed by atoms with Crippen LogP contribution in [0.4, 0.5) is 13.9 Å². The molecule has 0 bridgehead atoms. The summed E-state index contributed by atoms with van der Waals surface area (Å²) in [5, 5.41) is 11.3. The molecule has 0 aliphatic heterocycles. The SMILES string of the molecule is COc1cnc(C(F)F)cc1-c1cc(C#CCn2ccnc2)[n+]#cc1C(=O)Nc1nnc(C#CC2CC2)s1. The predicted octanol–water partition coefficient (Wildman–Crippen LogP) is 3.21. The molecule has 4 aromatic heterocycles. The molecule has 0 aromatic carbocycles. The van der Waals surface area contributed by atoms with Crippen molar-refractivity contribution in [3.8, 4) is 40.6 Å². The van der Waals surface area contributed by atoms with E-state index in [1.807, 2.05) is 0 Å². The average molecular weight is 531 g/mol. The molecule has 38 heavy (non-hydrogen) atoms. The predicted molar refractivity (Wildman–Crippen MR) is 132 cm³/mol. The topological polar surface area (TPSA) is 109 Å². The van der Waals surface area contributed by atoms with Crippen molar-refractivity contribution >= 4 is 22.4 Å². The lowest BCUT2D eigenvalue weighted by molar-refractivity contribution is -0.298. The summed E-state index contributed by atoms with van der Waals surface area (Å²) in [6, 6.07) is 2.69. The minimum absolute atomic E-state index is 0.0179. The van der Waals surface area contributed by atoms with Gasteiger partial charge >= 0.3 is 11.9 Å². The van der Waals surface area contributed by atoms with Crippen LogP contribution in [0, 0.1) is 35.8 Å². The summed E-state index contributed by atoms with van der Waals surface area (Å²) in [5.41, 5.74) is 0.245. The summed E-state index contributed by atoms with van der Waals surface area (Å²) in [6.07, 6.45) is 8.24. The summed E-state index contributed by atoms with van der Waals surface area (Å²) >= 11 is 1.13. The highest BCUT2D eigenvalue weighted by Crippen LogP contribution is 2.34. The van der Waals surface area contributed by atoms with Crippen LogP contribution in [0.15, 0.2) is 37.1 Å². The Balaban J connectivity index is 1.49. The highest BCUT2D eigenvalue weighted by atomic mass is 32.1. The number of alkyl halides is 2. The molecule has 12 heteroatoms. The van der Waals surface area contributed by atoms with Gasteiger partial charge in [0.25, 0.3) is 12.3 Å². The van der Waals surface area contributed by atoms with Crippen LogP contribution >= 0.6 is 11.3 Å². The van der Waals surface area contributed by atoms with Crippen LogP contribution in [-0.2, 0) is 6.54 Å². The van der Waals surface area contributed by atoms with Crippen molar-refractivity contribution in [3.63, 3.8) is 0 Å². The van der Waals surface area contributed by atoms with Gasteiger partial charge in [-0.2, -0.15) is 0 Å². The van der Waals surface area contributed by atoms with Crippen molar-refractivity contribution in [3.05, 3.63) is 65.2 Å². The fourth-order valence-corrected chi connectivity index (χ4v) is 3.90. The zero-order valence-electron chi connectivity index (χ0n) is 19.9. The maximum absolute atomic E-state index is 13.5. The Kier molecular flexibility index (Phi) is 7.21. The molecular weight excluding hydrogens is 512 g/mol. The van der Waals surface area contributed by atoms with E-state index < -0.39 is 18.0 Å². The number of hydrogen-bond acceptors (Lipinski definition) is 7. The molecule has 1 fully saturated rings. The van der Waals surface area contributed by atoms with Gasteiger partial charge in [-0.25, -0.2) is 13.8 Å². The number of hydrogen-bond donors (Lipinski definition) is 1. The first kappa shape index (κ1) is 24.8. The van der Waals surface area contributed by atoms with Crippen LogP contribution in [0.5, 0.6) is 5.75 Å². The van der Waals surface area contributed by atoms with Crippen LogP contribution in [0.1, 0.15) is 46.0 Å². The van der Waals surface area contributed by atoms with Crippen molar-refractivity contribution in [1.82, 2.24) is 24.7 Å². The fraction of sp³-hybridized carbons (Fsp3) is 0.231. The van der Waals surface area contributed by atoms with Gasteiger partial charge in [0.1, 0.15) is 11.4 Å². The number of imidazole rings is 1. The van der Waals surface area contributed by atoms with Crippen molar-refractivity contribution < 1.29 is 23.3 Å². The van der Waals surface area contributed by atoms with Crippen LogP contribution in [0.3, 0.4) is 0 Å². The van der Waals surface area contributed by atoms with E-state index in [1.54, 1.807) is 23.3 Å². The Labute approximate surface area is 220 Å². The third kappa shape index (κ3) is 5.92. The van der Waals surface area contributed by atoms with Crippen LogP contribution < -0.4 is 15.0 Å². The van der Waals surface area contributed by atoms with Gasteiger partial charge in [-0.05, 0) is 29.8 Å². The number of methoxy groups -OCH3 is 1. The summed E-state index contributed by atoms with van der Waals surface area (Å²) in [4.78, 5) is 25.1. The Morgan fingerprint density at radius 2 is 2.18 bits per heavy atom. The molecule has 1 saturated carbocycles. The second-order valence-electron chi connectivity index (χ2n) is 8.10. The summed E-state index contributed by atoms with van der Waals surface area (Å²) in [6.45, 7) is 0.358. The third-order valence-electron chi connectivity index (χ3n) is 5.33. The third-order valence-corrected chi connectivity index (χ3v) is 6.09. The summed E-state index contributed by atoms with van der Waals surface area (Å²) in [7, 11) is 1.38. The molecule has 1 N–H and O–H groups in total. The summed E-state index contributed by atoms with van der Waals surface area (Å²) in [5.74, 6) is 11.9. The maximum atomic E-state index is 13.5. The van der Waals surface area contributed by atoms with Crippen molar-refractivity contribution in [2.45, 2.75) is 25.8 Å². The molecule has 0 spiro atoms. The smallest absolute Gasteiger partial charge is 0.391 e. The lowest BCUT2D eigenvalue weighted by atomic mass is 10.00. The lowest BCUT2D eigenvalue weighted by Crippen LogP contribution is -2.15. The monoisotopic (exact) mass is 530 g/mol. The molecule has 188 valence electrons. The van der Waals surface area contributed by atoms with Crippen LogP contribution in [-0.4, -0.2) is 37.7 Å². The Morgan fingerprint density at radius 3 is 2.92 bits per heavy atom. The van der Waals surface area contributed by atoms with Crippen molar-refractivity contribution in [1.29, 1.82) is 0 Å². The van der Waals surface area contributed by atoms with Gasteiger partial charge in [-0.3, -0.25) is 15.1 Å². The zero-order valence-corrected chi connectivity index (χ0v) is 20.7. The first-order chi connectivity index (χ1) is 18.5. The number of aromatic nitrogens is 6. The molecule has 0 radical (unpaired) electrons. The van der Waals surface area contributed by atoms with Crippen LogP contribution in [0.25, 0.3) is 11.1 Å². The van der Waals surface area contributed by atoms with E-state index in [0.29, 0.717) is 17.5 Å². The molecule has 0 unspecified atom stereocenters. The molecule has 1 aliphatic carbocycles. The van der Waals surface area contributed by atoms with E-state index in [1.165, 1.54) is 25.4 Å². The number of nitrogens with one attached hydrogen (secondary N) is 1. The first-order valence-corrected chi connectivity index (χ1v) is 12.2. The van der Waals surface area contributed by atoms with Crippen molar-refractivity contribution in [2.75, 3.05) is 12.4 Å². The summed E-state index contributed by atoms with van der Waals surface area (Å²) < 4.78 is 34.1. The minimum Gasteiger partial charge on any atom is -0.494 e. The second kappa shape index (κ2) is 11.0. The highest BCUT2D eigenvalue weighted by Gasteiger charge is 2.25. The van der Waals surface area contributed by atoms with E-state index in [9.17, 15) is 13.6 Å². The number of carbonyl (C=O) groups excluding carboxylic acids is 1. The molecule has 0 saturated heterocycles. The van der Waals surface area contributed by atoms with Crippen LogP contribution in [0.2, 0.25) is 0 Å². The average Bonchev–Trinajstić information content (AvgIpc) is 3.40. The van der Waals surface area contributed by atoms with E-state index in [4.69, 9.17) is 4.74 Å². The number of ether oxygens (including phenoxy) is 1. The van der Waals surface area contributed by atoms with Gasteiger partial charge in [0.2, 0.25) is 5.13 Å². The molecule has 0 atom stereocenters. The highest BCUT2D eigenvalue weighted by molar-refractivity contribution is 7.15. The van der Waals surface area contributed by atoms with Gasteiger partial charge < -0.3 is 9.30 Å². The zero-order chi connectivity index (χ0) is 26.5. The molecule has 4 aromatic rings. The number of amides is 1. The van der Waals surface area contributed by atoms with E-state index >= 15 is 0 Å². The Bertz CT molecular complexity index is 1590. The van der Waals surface area contributed by atoms with Crippen molar-refractivity contribution in [2.24, 2.45) is 5.92 Å². The molecule has 4 heterocycles. The normalized spacial score (nSPS) is 12.1. The lowest BCUT2D eigenvalue weighted by Gasteiger charge is -2.10. The maximum Gasteiger partial charge on any atom is 0.391 e. The largest absolute Gasteiger partial charge is 0.494 e. The number of carbonyl (C=O) groups is 1. The quantitative estimate of drug-likeness (QED) is 0.382.